The third-order valence-electron chi connectivity index (χ3n) is 3.23. The van der Waals surface area contributed by atoms with Crippen LogP contribution in [-0.4, -0.2) is 4.98 Å². The summed E-state index contributed by atoms with van der Waals surface area (Å²) in [5.74, 6) is 0. The molecular formula is C16H16N2OS. The molecule has 0 saturated heterocycles. The molecule has 0 aliphatic rings. The molecule has 3 nitrogen and oxygen atoms in total. The SMILES string of the molecule is CC[C@H](N)c1ccc(Sc2nc3ccccc3o2)cc1. The number of aromatic nitrogens is 1. The number of para-hydroxylation sites is 2. The van der Waals surface area contributed by atoms with Gasteiger partial charge in [0.1, 0.15) is 5.52 Å². The van der Waals surface area contributed by atoms with Crippen molar-refractivity contribution in [1.29, 1.82) is 0 Å². The van der Waals surface area contributed by atoms with Gasteiger partial charge in [0.15, 0.2) is 5.58 Å². The van der Waals surface area contributed by atoms with Crippen LogP contribution in [0.4, 0.5) is 0 Å². The molecule has 1 aromatic heterocycles. The van der Waals surface area contributed by atoms with Crippen molar-refractivity contribution in [2.24, 2.45) is 5.73 Å². The van der Waals surface area contributed by atoms with E-state index >= 15 is 0 Å². The van der Waals surface area contributed by atoms with Gasteiger partial charge in [0.05, 0.1) is 0 Å². The van der Waals surface area contributed by atoms with Gasteiger partial charge in [-0.1, -0.05) is 31.2 Å². The zero-order valence-corrected chi connectivity index (χ0v) is 12.1. The summed E-state index contributed by atoms with van der Waals surface area (Å²) >= 11 is 1.52. The highest BCUT2D eigenvalue weighted by Gasteiger charge is 2.08. The Balaban J connectivity index is 1.80. The van der Waals surface area contributed by atoms with Crippen LogP contribution in [0, 0.1) is 0 Å². The first-order valence-corrected chi connectivity index (χ1v) is 7.47. The lowest BCUT2D eigenvalue weighted by atomic mass is 10.1. The highest BCUT2D eigenvalue weighted by molar-refractivity contribution is 7.99. The summed E-state index contributed by atoms with van der Waals surface area (Å²) in [6.45, 7) is 2.09. The normalized spacial score (nSPS) is 12.7. The predicted octanol–water partition coefficient (Wildman–Crippen LogP) is 4.39. The van der Waals surface area contributed by atoms with Gasteiger partial charge in [-0.3, -0.25) is 0 Å². The topological polar surface area (TPSA) is 52.0 Å². The van der Waals surface area contributed by atoms with Gasteiger partial charge in [0.25, 0.3) is 5.22 Å². The van der Waals surface area contributed by atoms with Crippen LogP contribution in [-0.2, 0) is 0 Å². The van der Waals surface area contributed by atoms with Crippen LogP contribution in [0.25, 0.3) is 11.1 Å². The standard InChI is InChI=1S/C16H16N2OS/c1-2-13(17)11-7-9-12(10-8-11)20-16-18-14-5-3-4-6-15(14)19-16/h3-10,13H,2,17H2,1H3/t13-/m0/s1. The van der Waals surface area contributed by atoms with E-state index in [2.05, 4.69) is 36.2 Å². The molecule has 2 aromatic carbocycles. The maximum absolute atomic E-state index is 6.01. The van der Waals surface area contributed by atoms with Gasteiger partial charge in [-0.25, -0.2) is 4.98 Å². The Morgan fingerprint density at radius 3 is 2.60 bits per heavy atom. The van der Waals surface area contributed by atoms with E-state index in [0.717, 1.165) is 28.0 Å². The second kappa shape index (κ2) is 5.69. The molecule has 0 spiro atoms. The van der Waals surface area contributed by atoms with Crippen LogP contribution >= 0.6 is 11.8 Å². The van der Waals surface area contributed by atoms with Gasteiger partial charge in [0, 0.05) is 10.9 Å². The lowest BCUT2D eigenvalue weighted by molar-refractivity contribution is 0.489. The Bertz CT molecular complexity index is 673. The summed E-state index contributed by atoms with van der Waals surface area (Å²) in [4.78, 5) is 5.55. The molecule has 0 saturated carbocycles. The van der Waals surface area contributed by atoms with Gasteiger partial charge < -0.3 is 10.2 Å². The largest absolute Gasteiger partial charge is 0.431 e. The Morgan fingerprint density at radius 2 is 1.90 bits per heavy atom. The third kappa shape index (κ3) is 2.71. The van der Waals surface area contributed by atoms with Crippen LogP contribution in [0.1, 0.15) is 24.9 Å². The quantitative estimate of drug-likeness (QED) is 0.772. The van der Waals surface area contributed by atoms with Crippen molar-refractivity contribution in [1.82, 2.24) is 4.98 Å². The molecule has 0 radical (unpaired) electrons. The second-order valence-corrected chi connectivity index (χ2v) is 5.66. The molecule has 0 fully saturated rings. The van der Waals surface area contributed by atoms with Crippen molar-refractivity contribution in [2.45, 2.75) is 29.5 Å². The fraction of sp³-hybridized carbons (Fsp3) is 0.188. The summed E-state index contributed by atoms with van der Waals surface area (Å²) in [6, 6.07) is 16.1. The van der Waals surface area contributed by atoms with Gasteiger partial charge in [0.2, 0.25) is 0 Å². The maximum Gasteiger partial charge on any atom is 0.261 e. The van der Waals surface area contributed by atoms with Crippen LogP contribution in [0.5, 0.6) is 0 Å². The van der Waals surface area contributed by atoms with Crippen molar-refractivity contribution < 1.29 is 4.42 Å². The first-order chi connectivity index (χ1) is 9.76. The van der Waals surface area contributed by atoms with Crippen molar-refractivity contribution in [3.05, 3.63) is 54.1 Å². The summed E-state index contributed by atoms with van der Waals surface area (Å²) in [5, 5.41) is 0.665. The van der Waals surface area contributed by atoms with E-state index < -0.39 is 0 Å². The monoisotopic (exact) mass is 284 g/mol. The summed E-state index contributed by atoms with van der Waals surface area (Å²) in [5.41, 5.74) is 8.88. The molecular weight excluding hydrogens is 268 g/mol. The first-order valence-electron chi connectivity index (χ1n) is 6.65. The average molecular weight is 284 g/mol. The zero-order chi connectivity index (χ0) is 13.9. The van der Waals surface area contributed by atoms with E-state index in [1.54, 1.807) is 0 Å². The Labute approximate surface area is 122 Å². The molecule has 0 bridgehead atoms. The minimum atomic E-state index is 0.110. The summed E-state index contributed by atoms with van der Waals surface area (Å²) in [7, 11) is 0. The minimum Gasteiger partial charge on any atom is -0.431 e. The molecule has 20 heavy (non-hydrogen) atoms. The molecule has 3 aromatic rings. The van der Waals surface area contributed by atoms with Gasteiger partial charge >= 0.3 is 0 Å². The molecule has 4 heteroatoms. The van der Waals surface area contributed by atoms with Crippen LogP contribution in [0.15, 0.2) is 63.1 Å². The first kappa shape index (κ1) is 13.2. The number of rotatable bonds is 4. The fourth-order valence-electron chi connectivity index (χ4n) is 2.01. The number of nitrogens with two attached hydrogens (primary N) is 1. The van der Waals surface area contributed by atoms with E-state index in [-0.39, 0.29) is 6.04 Å². The van der Waals surface area contributed by atoms with Gasteiger partial charge in [-0.05, 0) is 48.0 Å². The van der Waals surface area contributed by atoms with E-state index in [9.17, 15) is 0 Å². The number of fused-ring (bicyclic) bond motifs is 1. The Hall–Kier alpha value is -1.78. The van der Waals surface area contributed by atoms with Gasteiger partial charge in [-0.15, -0.1) is 0 Å². The Kier molecular flexibility index (Phi) is 3.76. The lowest BCUT2D eigenvalue weighted by Crippen LogP contribution is -2.07. The Morgan fingerprint density at radius 1 is 1.15 bits per heavy atom. The lowest BCUT2D eigenvalue weighted by Gasteiger charge is -2.08. The molecule has 0 amide bonds. The molecule has 3 rings (SSSR count). The third-order valence-corrected chi connectivity index (χ3v) is 4.08. The van der Waals surface area contributed by atoms with E-state index in [1.165, 1.54) is 11.8 Å². The van der Waals surface area contributed by atoms with Crippen molar-refractivity contribution in [2.75, 3.05) is 0 Å². The van der Waals surface area contributed by atoms with Crippen molar-refractivity contribution in [3.8, 4) is 0 Å². The van der Waals surface area contributed by atoms with Crippen molar-refractivity contribution >= 4 is 22.9 Å². The number of oxazole rings is 1. The fourth-order valence-corrected chi connectivity index (χ4v) is 2.76. The smallest absolute Gasteiger partial charge is 0.261 e. The number of benzene rings is 2. The molecule has 0 aliphatic carbocycles. The summed E-state index contributed by atoms with van der Waals surface area (Å²) < 4.78 is 5.70. The molecule has 102 valence electrons. The van der Waals surface area contributed by atoms with Crippen molar-refractivity contribution in [3.63, 3.8) is 0 Å². The molecule has 1 atom stereocenters. The molecule has 1 heterocycles. The minimum absolute atomic E-state index is 0.110. The summed E-state index contributed by atoms with van der Waals surface area (Å²) in [6.07, 6.45) is 0.942. The van der Waals surface area contributed by atoms with Gasteiger partial charge in [-0.2, -0.15) is 0 Å². The number of hydrogen-bond acceptors (Lipinski definition) is 4. The average Bonchev–Trinajstić information content (AvgIpc) is 2.89. The highest BCUT2D eigenvalue weighted by atomic mass is 32.2. The van der Waals surface area contributed by atoms with E-state index in [0.29, 0.717) is 5.22 Å². The van der Waals surface area contributed by atoms with Crippen LogP contribution in [0.2, 0.25) is 0 Å². The van der Waals surface area contributed by atoms with Crippen LogP contribution < -0.4 is 5.73 Å². The number of nitrogens with zero attached hydrogens (tertiary/aromatic N) is 1. The molecule has 0 aliphatic heterocycles. The highest BCUT2D eigenvalue weighted by Crippen LogP contribution is 2.30. The second-order valence-electron chi connectivity index (χ2n) is 4.63. The maximum atomic E-state index is 6.01. The predicted molar refractivity (Wildman–Crippen MR) is 81.8 cm³/mol. The van der Waals surface area contributed by atoms with E-state index in [4.69, 9.17) is 10.2 Å². The zero-order valence-electron chi connectivity index (χ0n) is 11.2. The van der Waals surface area contributed by atoms with E-state index in [1.807, 2.05) is 24.3 Å². The van der Waals surface area contributed by atoms with Crippen LogP contribution in [0.3, 0.4) is 0 Å². The molecule has 2 N–H and O–H groups in total. The molecule has 0 unspecified atom stereocenters. The number of hydrogen-bond donors (Lipinski definition) is 1.